The van der Waals surface area contributed by atoms with Crippen molar-refractivity contribution in [1.82, 2.24) is 9.88 Å². The first kappa shape index (κ1) is 15.8. The average Bonchev–Trinajstić information content (AvgIpc) is 2.19. The van der Waals surface area contributed by atoms with Gasteiger partial charge in [-0.05, 0) is 27.1 Å². The van der Waals surface area contributed by atoms with Gasteiger partial charge in [0.25, 0.3) is 0 Å². The van der Waals surface area contributed by atoms with Crippen molar-refractivity contribution in [3.8, 4) is 0 Å². The number of hydrogen-bond acceptors (Lipinski definition) is 4. The quantitative estimate of drug-likeness (QED) is 0.821. The van der Waals surface area contributed by atoms with Gasteiger partial charge in [-0.2, -0.15) is 0 Å². The van der Waals surface area contributed by atoms with E-state index in [1.165, 1.54) is 6.07 Å². The van der Waals surface area contributed by atoms with E-state index in [9.17, 15) is 5.11 Å². The van der Waals surface area contributed by atoms with E-state index in [4.69, 9.17) is 34.8 Å². The molecule has 2 N–H and O–H groups in total. The van der Waals surface area contributed by atoms with Gasteiger partial charge >= 0.3 is 0 Å². The van der Waals surface area contributed by atoms with Crippen LogP contribution in [-0.2, 0) is 0 Å². The number of pyridine rings is 1. The molecular weight excluding hydrogens is 296 g/mol. The molecule has 0 saturated heterocycles. The molecule has 0 saturated carbocycles. The van der Waals surface area contributed by atoms with Crippen LogP contribution in [0.3, 0.4) is 0 Å². The van der Waals surface area contributed by atoms with Gasteiger partial charge in [-0.15, -0.1) is 0 Å². The molecule has 1 atom stereocenters. The molecule has 0 aliphatic rings. The van der Waals surface area contributed by atoms with Gasteiger partial charge < -0.3 is 15.3 Å². The lowest BCUT2D eigenvalue weighted by atomic mass is 10.1. The van der Waals surface area contributed by atoms with Crippen LogP contribution in [0.25, 0.3) is 0 Å². The van der Waals surface area contributed by atoms with Crippen molar-refractivity contribution in [2.45, 2.75) is 12.5 Å². The van der Waals surface area contributed by atoms with Gasteiger partial charge in [0.1, 0.15) is 11.0 Å². The van der Waals surface area contributed by atoms with E-state index in [0.717, 1.165) is 0 Å². The van der Waals surface area contributed by atoms with Crippen LogP contribution in [0, 0.1) is 0 Å². The minimum Gasteiger partial charge on any atom is -0.387 e. The van der Waals surface area contributed by atoms with Gasteiger partial charge in [0.2, 0.25) is 0 Å². The van der Waals surface area contributed by atoms with Crippen LogP contribution in [0.2, 0.25) is 15.2 Å². The maximum absolute atomic E-state index is 10.1. The minimum atomic E-state index is -0.902. The Morgan fingerprint density at radius 1 is 1.33 bits per heavy atom. The molecule has 102 valence electrons. The fraction of sp³-hybridized carbons (Fsp3) is 0.545. The lowest BCUT2D eigenvalue weighted by molar-refractivity contribution is 0.0459. The maximum atomic E-state index is 10.1. The number of rotatable bonds is 5. The molecule has 0 amide bonds. The molecule has 0 aliphatic carbocycles. The molecule has 1 aromatic rings. The van der Waals surface area contributed by atoms with E-state index in [1.54, 1.807) is 6.92 Å². The van der Waals surface area contributed by atoms with E-state index < -0.39 is 5.60 Å². The van der Waals surface area contributed by atoms with Crippen molar-refractivity contribution < 1.29 is 5.11 Å². The molecule has 0 aromatic carbocycles. The molecule has 18 heavy (non-hydrogen) atoms. The van der Waals surface area contributed by atoms with E-state index in [0.29, 0.717) is 29.0 Å². The van der Waals surface area contributed by atoms with Crippen LogP contribution in [0.5, 0.6) is 0 Å². The van der Waals surface area contributed by atoms with E-state index in [2.05, 4.69) is 10.3 Å². The summed E-state index contributed by atoms with van der Waals surface area (Å²) in [5, 5.41) is 13.9. The van der Waals surface area contributed by atoms with E-state index in [-0.39, 0.29) is 5.15 Å². The Bertz CT molecular complexity index is 424. The van der Waals surface area contributed by atoms with Gasteiger partial charge in [0, 0.05) is 13.1 Å². The van der Waals surface area contributed by atoms with Gasteiger partial charge in [-0.25, -0.2) is 4.98 Å². The zero-order valence-corrected chi connectivity index (χ0v) is 12.7. The number of nitrogens with one attached hydrogen (secondary N) is 1. The fourth-order valence-corrected chi connectivity index (χ4v) is 2.14. The monoisotopic (exact) mass is 311 g/mol. The second-order valence-corrected chi connectivity index (χ2v) is 5.85. The highest BCUT2D eigenvalue weighted by atomic mass is 35.5. The van der Waals surface area contributed by atoms with Crippen LogP contribution in [0.4, 0.5) is 5.82 Å². The predicted octanol–water partition coefficient (Wildman–Crippen LogP) is 2.77. The second kappa shape index (κ2) is 6.26. The Morgan fingerprint density at radius 3 is 2.50 bits per heavy atom. The number of nitrogens with zero attached hydrogens (tertiary/aromatic N) is 2. The Kier molecular flexibility index (Phi) is 5.49. The summed E-state index contributed by atoms with van der Waals surface area (Å²) >= 11 is 17.6. The molecule has 0 spiro atoms. The molecule has 0 aliphatic heterocycles. The van der Waals surface area contributed by atoms with Crippen molar-refractivity contribution in [3.63, 3.8) is 0 Å². The number of anilines is 1. The number of likely N-dealkylation sites (N-methyl/N-ethyl adjacent to an activating group) is 1. The molecule has 1 rings (SSSR count). The third-order valence-electron chi connectivity index (χ3n) is 2.18. The van der Waals surface area contributed by atoms with Gasteiger partial charge in [0.15, 0.2) is 0 Å². The summed E-state index contributed by atoms with van der Waals surface area (Å²) in [5.41, 5.74) is -0.902. The first-order chi connectivity index (χ1) is 8.21. The van der Waals surface area contributed by atoms with Crippen LogP contribution in [-0.4, -0.2) is 47.8 Å². The molecule has 1 unspecified atom stereocenters. The molecule has 7 heteroatoms. The fourth-order valence-electron chi connectivity index (χ4n) is 1.58. The van der Waals surface area contributed by atoms with Gasteiger partial charge in [-0.3, -0.25) is 0 Å². The van der Waals surface area contributed by atoms with Crippen molar-refractivity contribution in [1.29, 1.82) is 0 Å². The van der Waals surface area contributed by atoms with E-state index in [1.807, 2.05) is 19.0 Å². The Morgan fingerprint density at radius 2 is 1.94 bits per heavy atom. The molecule has 1 aromatic heterocycles. The second-order valence-electron chi connectivity index (χ2n) is 4.68. The number of halogens is 3. The smallest absolute Gasteiger partial charge is 0.150 e. The minimum absolute atomic E-state index is 0.177. The highest BCUT2D eigenvalue weighted by molar-refractivity contribution is 6.42. The number of aliphatic hydroxyl groups is 1. The topological polar surface area (TPSA) is 48.4 Å². The zero-order valence-electron chi connectivity index (χ0n) is 10.5. The van der Waals surface area contributed by atoms with Crippen LogP contribution in [0.1, 0.15) is 6.92 Å². The van der Waals surface area contributed by atoms with Crippen LogP contribution in [0.15, 0.2) is 6.07 Å². The Labute approximate surface area is 122 Å². The molecule has 1 heterocycles. The zero-order chi connectivity index (χ0) is 13.9. The largest absolute Gasteiger partial charge is 0.387 e. The summed E-state index contributed by atoms with van der Waals surface area (Å²) in [5.74, 6) is 0.407. The highest BCUT2D eigenvalue weighted by Gasteiger charge is 2.21. The third-order valence-corrected chi connectivity index (χ3v) is 3.14. The summed E-state index contributed by atoms with van der Waals surface area (Å²) < 4.78 is 0. The first-order valence-corrected chi connectivity index (χ1v) is 6.47. The Balaban J connectivity index is 2.72. The predicted molar refractivity (Wildman–Crippen MR) is 76.9 cm³/mol. The van der Waals surface area contributed by atoms with E-state index >= 15 is 0 Å². The SMILES string of the molecule is CN(C)CC(C)(O)CNc1nc(Cl)c(Cl)cc1Cl. The molecule has 0 bridgehead atoms. The summed E-state index contributed by atoms with van der Waals surface area (Å²) in [6, 6.07) is 1.52. The lowest BCUT2D eigenvalue weighted by Gasteiger charge is -2.27. The van der Waals surface area contributed by atoms with Gasteiger partial charge in [0.05, 0.1) is 15.6 Å². The summed E-state index contributed by atoms with van der Waals surface area (Å²) in [7, 11) is 3.78. The van der Waals surface area contributed by atoms with Crippen molar-refractivity contribution in [2.24, 2.45) is 0 Å². The average molecular weight is 313 g/mol. The highest BCUT2D eigenvalue weighted by Crippen LogP contribution is 2.29. The summed E-state index contributed by atoms with van der Waals surface area (Å²) in [6.45, 7) is 2.54. The number of hydrogen-bond donors (Lipinski definition) is 2. The third kappa shape index (κ3) is 4.78. The lowest BCUT2D eigenvalue weighted by Crippen LogP contribution is -2.43. The molecule has 0 fully saturated rings. The Hall–Kier alpha value is -0.260. The van der Waals surface area contributed by atoms with Crippen molar-refractivity contribution >= 4 is 40.6 Å². The first-order valence-electron chi connectivity index (χ1n) is 5.34. The maximum Gasteiger partial charge on any atom is 0.150 e. The van der Waals surface area contributed by atoms with Crippen LogP contribution < -0.4 is 5.32 Å². The standard InChI is InChI=1S/C11H16Cl3N3O/c1-11(18,6-17(2)3)5-15-10-8(13)4-7(12)9(14)16-10/h4,18H,5-6H2,1-3H3,(H,15,16). The molecule has 0 radical (unpaired) electrons. The normalized spacial score (nSPS) is 14.7. The van der Waals surface area contributed by atoms with Crippen molar-refractivity contribution in [2.75, 3.05) is 32.5 Å². The summed E-state index contributed by atoms with van der Waals surface area (Å²) in [4.78, 5) is 5.91. The van der Waals surface area contributed by atoms with Crippen LogP contribution >= 0.6 is 34.8 Å². The molecular formula is C11H16Cl3N3O. The van der Waals surface area contributed by atoms with Gasteiger partial charge in [-0.1, -0.05) is 34.8 Å². The van der Waals surface area contributed by atoms with Crippen molar-refractivity contribution in [3.05, 3.63) is 21.3 Å². The summed E-state index contributed by atoms with van der Waals surface area (Å²) in [6.07, 6.45) is 0. The number of aromatic nitrogens is 1. The molecule has 4 nitrogen and oxygen atoms in total.